The van der Waals surface area contributed by atoms with Crippen LogP contribution in [0.2, 0.25) is 0 Å². The molecule has 1 rings (SSSR count). The fourth-order valence-electron chi connectivity index (χ4n) is 3.96. The second-order valence-corrected chi connectivity index (χ2v) is 8.25. The molecule has 1 unspecified atom stereocenters. The van der Waals surface area contributed by atoms with Crippen molar-refractivity contribution in [1.29, 1.82) is 0 Å². The van der Waals surface area contributed by atoms with Crippen LogP contribution in [-0.4, -0.2) is 57.6 Å². The van der Waals surface area contributed by atoms with Gasteiger partial charge in [-0.2, -0.15) is 0 Å². The van der Waals surface area contributed by atoms with E-state index >= 15 is 0 Å². The van der Waals surface area contributed by atoms with Crippen molar-refractivity contribution < 1.29 is 25.2 Å². The summed E-state index contributed by atoms with van der Waals surface area (Å²) in [4.78, 5) is 0. The second kappa shape index (κ2) is 15.7. The summed E-state index contributed by atoms with van der Waals surface area (Å²) in [5.41, 5.74) is 0. The smallest absolute Gasteiger partial charge is 0.111 e. The zero-order valence-corrected chi connectivity index (χ0v) is 17.4. The summed E-state index contributed by atoms with van der Waals surface area (Å²) in [6, 6.07) is 0. The molecule has 162 valence electrons. The van der Waals surface area contributed by atoms with Crippen LogP contribution in [0.5, 0.6) is 0 Å². The highest BCUT2D eigenvalue weighted by molar-refractivity contribution is 4.91. The Kier molecular flexibility index (Phi) is 14.4. The van der Waals surface area contributed by atoms with E-state index in [1.54, 1.807) is 0 Å². The number of hydrogen-bond donors (Lipinski definition) is 4. The largest absolute Gasteiger partial charge is 0.394 e. The van der Waals surface area contributed by atoms with Crippen LogP contribution in [0, 0.1) is 0 Å². The highest BCUT2D eigenvalue weighted by atomic mass is 16.5. The molecule has 0 bridgehead atoms. The van der Waals surface area contributed by atoms with Crippen LogP contribution in [0.3, 0.4) is 0 Å². The first-order valence-corrected chi connectivity index (χ1v) is 11.4. The Hall–Kier alpha value is -0.200. The number of ether oxygens (including phenoxy) is 1. The molecule has 0 saturated carbocycles. The van der Waals surface area contributed by atoms with E-state index in [9.17, 15) is 20.4 Å². The summed E-state index contributed by atoms with van der Waals surface area (Å²) in [5, 5.41) is 38.8. The topological polar surface area (TPSA) is 90.2 Å². The third-order valence-corrected chi connectivity index (χ3v) is 5.83. The first-order valence-electron chi connectivity index (χ1n) is 11.4. The van der Waals surface area contributed by atoms with Crippen molar-refractivity contribution >= 4 is 0 Å². The Balaban J connectivity index is 1.92. The molecule has 1 aliphatic heterocycles. The molecule has 4 N–H and O–H groups in total. The van der Waals surface area contributed by atoms with Crippen LogP contribution in [-0.2, 0) is 4.74 Å². The van der Waals surface area contributed by atoms with Crippen LogP contribution in [0.25, 0.3) is 0 Å². The maximum atomic E-state index is 10.0. The van der Waals surface area contributed by atoms with E-state index in [2.05, 4.69) is 6.92 Å². The minimum Gasteiger partial charge on any atom is -0.394 e. The maximum Gasteiger partial charge on any atom is 0.111 e. The predicted molar refractivity (Wildman–Crippen MR) is 109 cm³/mol. The first kappa shape index (κ1) is 24.8. The average molecular weight is 389 g/mol. The molecule has 1 heterocycles. The summed E-state index contributed by atoms with van der Waals surface area (Å²) in [7, 11) is 0. The van der Waals surface area contributed by atoms with Gasteiger partial charge in [0.1, 0.15) is 24.4 Å². The number of aliphatic hydroxyl groups is 4. The molecular weight excluding hydrogens is 344 g/mol. The molecular formula is C22H44O5. The van der Waals surface area contributed by atoms with Gasteiger partial charge < -0.3 is 25.2 Å². The second-order valence-electron chi connectivity index (χ2n) is 8.25. The monoisotopic (exact) mass is 388 g/mol. The van der Waals surface area contributed by atoms with E-state index in [0.717, 1.165) is 12.8 Å². The number of rotatable bonds is 16. The van der Waals surface area contributed by atoms with Crippen LogP contribution < -0.4 is 0 Å². The Morgan fingerprint density at radius 3 is 1.41 bits per heavy atom. The fourth-order valence-corrected chi connectivity index (χ4v) is 3.96. The Morgan fingerprint density at radius 2 is 0.963 bits per heavy atom. The summed E-state index contributed by atoms with van der Waals surface area (Å²) in [6.45, 7) is 1.91. The van der Waals surface area contributed by atoms with Gasteiger partial charge in [0.25, 0.3) is 0 Å². The summed E-state index contributed by atoms with van der Waals surface area (Å²) in [5.74, 6) is 0. The molecule has 0 spiro atoms. The SMILES string of the molecule is CCCCCCCCCCCCCCCCC1O[C@H](CO)[C@@H](O)[C@H](O)[C@H]1O. The van der Waals surface area contributed by atoms with Gasteiger partial charge in [0.05, 0.1) is 12.7 Å². The lowest BCUT2D eigenvalue weighted by atomic mass is 9.92. The molecule has 0 amide bonds. The van der Waals surface area contributed by atoms with Gasteiger partial charge >= 0.3 is 0 Å². The van der Waals surface area contributed by atoms with Crippen LogP contribution in [0.4, 0.5) is 0 Å². The highest BCUT2D eigenvalue weighted by Crippen LogP contribution is 2.25. The van der Waals surface area contributed by atoms with E-state index in [4.69, 9.17) is 4.74 Å². The highest BCUT2D eigenvalue weighted by Gasteiger charge is 2.42. The molecule has 5 nitrogen and oxygen atoms in total. The van der Waals surface area contributed by atoms with Gasteiger partial charge in [0.15, 0.2) is 0 Å². The van der Waals surface area contributed by atoms with Crippen molar-refractivity contribution in [3.8, 4) is 0 Å². The van der Waals surface area contributed by atoms with Crippen molar-refractivity contribution in [3.05, 3.63) is 0 Å². The van der Waals surface area contributed by atoms with Crippen LogP contribution >= 0.6 is 0 Å². The van der Waals surface area contributed by atoms with E-state index in [0.29, 0.717) is 6.42 Å². The third-order valence-electron chi connectivity index (χ3n) is 5.83. The van der Waals surface area contributed by atoms with Gasteiger partial charge in [0.2, 0.25) is 0 Å². The lowest BCUT2D eigenvalue weighted by Gasteiger charge is -2.40. The van der Waals surface area contributed by atoms with Crippen LogP contribution in [0.1, 0.15) is 103 Å². The standard InChI is InChI=1S/C22H44O5/c1-2-3-4-5-6-7-8-9-10-11-12-13-14-15-16-18-20(24)22(26)21(25)19(17-23)27-18/h18-26H,2-17H2,1H3/t18?,19-,20+,21-,22-/m1/s1. The summed E-state index contributed by atoms with van der Waals surface area (Å²) in [6.07, 6.45) is 13.9. The zero-order chi connectivity index (χ0) is 19.9. The quantitative estimate of drug-likeness (QED) is 0.303. The number of hydrogen-bond acceptors (Lipinski definition) is 5. The first-order chi connectivity index (χ1) is 13.1. The zero-order valence-electron chi connectivity index (χ0n) is 17.4. The molecule has 0 aromatic heterocycles. The molecule has 27 heavy (non-hydrogen) atoms. The predicted octanol–water partition coefficient (Wildman–Crippen LogP) is 3.70. The molecule has 0 aromatic carbocycles. The lowest BCUT2D eigenvalue weighted by molar-refractivity contribution is -0.230. The molecule has 0 aliphatic carbocycles. The van der Waals surface area contributed by atoms with Gasteiger partial charge in [-0.1, -0.05) is 96.8 Å². The Labute approximate surface area is 166 Å². The van der Waals surface area contributed by atoms with E-state index in [1.165, 1.54) is 77.0 Å². The molecule has 0 radical (unpaired) electrons. The molecule has 0 aromatic rings. The van der Waals surface area contributed by atoms with Gasteiger partial charge in [0, 0.05) is 0 Å². The Morgan fingerprint density at radius 1 is 0.556 bits per heavy atom. The maximum absolute atomic E-state index is 10.0. The van der Waals surface area contributed by atoms with Crippen molar-refractivity contribution in [2.24, 2.45) is 0 Å². The molecule has 1 fully saturated rings. The van der Waals surface area contributed by atoms with Crippen LogP contribution in [0.15, 0.2) is 0 Å². The summed E-state index contributed by atoms with van der Waals surface area (Å²) < 4.78 is 5.53. The third kappa shape index (κ3) is 10.2. The molecule has 5 atom stereocenters. The summed E-state index contributed by atoms with van der Waals surface area (Å²) >= 11 is 0. The van der Waals surface area contributed by atoms with Gasteiger partial charge in [-0.15, -0.1) is 0 Å². The van der Waals surface area contributed by atoms with Crippen molar-refractivity contribution in [2.75, 3.05) is 6.61 Å². The van der Waals surface area contributed by atoms with Gasteiger partial charge in [-0.3, -0.25) is 0 Å². The van der Waals surface area contributed by atoms with E-state index < -0.39 is 30.5 Å². The van der Waals surface area contributed by atoms with Crippen molar-refractivity contribution in [1.82, 2.24) is 0 Å². The minimum atomic E-state index is -1.24. The average Bonchev–Trinajstić information content (AvgIpc) is 2.68. The van der Waals surface area contributed by atoms with Gasteiger partial charge in [-0.25, -0.2) is 0 Å². The fraction of sp³-hybridized carbons (Fsp3) is 1.00. The normalized spacial score (nSPS) is 28.6. The van der Waals surface area contributed by atoms with Crippen molar-refractivity contribution in [3.63, 3.8) is 0 Å². The molecule has 5 heteroatoms. The minimum absolute atomic E-state index is 0.347. The number of unbranched alkanes of at least 4 members (excludes halogenated alkanes) is 13. The molecule has 1 saturated heterocycles. The Bertz CT molecular complexity index is 337. The van der Waals surface area contributed by atoms with Crippen molar-refractivity contribution in [2.45, 2.75) is 134 Å². The van der Waals surface area contributed by atoms with E-state index in [1.807, 2.05) is 0 Å². The number of aliphatic hydroxyl groups excluding tert-OH is 4. The lowest BCUT2D eigenvalue weighted by Crippen LogP contribution is -2.58. The van der Waals surface area contributed by atoms with Gasteiger partial charge in [-0.05, 0) is 6.42 Å². The van der Waals surface area contributed by atoms with E-state index in [-0.39, 0.29) is 6.61 Å². The molecule has 1 aliphatic rings.